The van der Waals surface area contributed by atoms with Gasteiger partial charge in [-0.05, 0) is 6.92 Å². The Balaban J connectivity index is 2.58. The first-order chi connectivity index (χ1) is 7.95. The second-order valence-corrected chi connectivity index (χ2v) is 3.55. The maximum atomic E-state index is 11.1. The summed E-state index contributed by atoms with van der Waals surface area (Å²) in [6, 6.07) is 0. The number of carboxylic acids is 1. The molecule has 17 heavy (non-hydrogen) atoms. The van der Waals surface area contributed by atoms with Gasteiger partial charge >= 0.3 is 12.1 Å². The summed E-state index contributed by atoms with van der Waals surface area (Å²) < 4.78 is 9.58. The maximum absolute atomic E-state index is 11.1. The van der Waals surface area contributed by atoms with Crippen molar-refractivity contribution in [3.8, 4) is 0 Å². The molecule has 1 rings (SSSR count). The molecule has 0 bridgehead atoms. The number of carbonyl (C=O) groups is 2. The fraction of sp³-hybridized carbons (Fsp3) is 0.778. The van der Waals surface area contributed by atoms with Crippen LogP contribution in [0, 0.1) is 0 Å². The molecule has 0 spiro atoms. The summed E-state index contributed by atoms with van der Waals surface area (Å²) in [7, 11) is 0. The van der Waals surface area contributed by atoms with Crippen LogP contribution in [0.5, 0.6) is 0 Å². The molecule has 1 amide bonds. The first kappa shape index (κ1) is 13.7. The number of carboxylic acid groups (broad SMARTS) is 1. The number of amides is 1. The average molecular weight is 249 g/mol. The van der Waals surface area contributed by atoms with Crippen LogP contribution in [-0.2, 0) is 14.3 Å². The fourth-order valence-electron chi connectivity index (χ4n) is 1.42. The molecule has 4 atom stereocenters. The molecule has 0 radical (unpaired) electrons. The van der Waals surface area contributed by atoms with Crippen molar-refractivity contribution < 1.29 is 34.4 Å². The predicted octanol–water partition coefficient (Wildman–Crippen LogP) is -1.35. The van der Waals surface area contributed by atoms with E-state index in [0.717, 1.165) is 0 Å². The molecule has 8 heteroatoms. The molecule has 0 aliphatic carbocycles. The summed E-state index contributed by atoms with van der Waals surface area (Å²) in [5, 5.41) is 29.8. The van der Waals surface area contributed by atoms with Crippen LogP contribution in [-0.4, -0.2) is 58.5 Å². The second-order valence-electron chi connectivity index (χ2n) is 3.55. The molecule has 4 N–H and O–H groups in total. The lowest BCUT2D eigenvalue weighted by molar-refractivity contribution is -0.235. The standard InChI is InChI=1S/C9H15NO7/c1-2-10-9(15)17-5-3-4(11)6(12)7(16-5)8(13)14/h4-7,11-12H,2-3H2,1H3,(H,10,15)(H,13,14)/t4-,5+,6+,7+/m1/s1. The molecular formula is C9H15NO7. The highest BCUT2D eigenvalue weighted by Crippen LogP contribution is 2.21. The lowest BCUT2D eigenvalue weighted by atomic mass is 10.0. The quantitative estimate of drug-likeness (QED) is 0.487. The van der Waals surface area contributed by atoms with E-state index in [1.54, 1.807) is 6.92 Å². The normalized spacial score (nSPS) is 32.9. The number of aliphatic hydroxyl groups excluding tert-OH is 2. The zero-order valence-corrected chi connectivity index (χ0v) is 9.20. The van der Waals surface area contributed by atoms with E-state index < -0.39 is 36.7 Å². The van der Waals surface area contributed by atoms with Gasteiger partial charge in [0.25, 0.3) is 0 Å². The molecule has 0 aromatic heterocycles. The van der Waals surface area contributed by atoms with Gasteiger partial charge in [-0.2, -0.15) is 0 Å². The Morgan fingerprint density at radius 3 is 2.65 bits per heavy atom. The summed E-state index contributed by atoms with van der Waals surface area (Å²) in [5.41, 5.74) is 0. The molecule has 8 nitrogen and oxygen atoms in total. The van der Waals surface area contributed by atoms with Gasteiger partial charge in [0.15, 0.2) is 6.10 Å². The molecule has 1 aliphatic rings. The minimum absolute atomic E-state index is 0.178. The number of carbonyl (C=O) groups excluding carboxylic acids is 1. The van der Waals surface area contributed by atoms with Crippen molar-refractivity contribution in [1.29, 1.82) is 0 Å². The van der Waals surface area contributed by atoms with Crippen LogP contribution in [0.15, 0.2) is 0 Å². The number of aliphatic carboxylic acids is 1. The zero-order chi connectivity index (χ0) is 13.0. The highest BCUT2D eigenvalue weighted by molar-refractivity contribution is 5.73. The molecule has 0 aromatic carbocycles. The Morgan fingerprint density at radius 1 is 1.47 bits per heavy atom. The third kappa shape index (κ3) is 3.55. The van der Waals surface area contributed by atoms with Crippen LogP contribution >= 0.6 is 0 Å². The Kier molecular flexibility index (Phi) is 4.67. The van der Waals surface area contributed by atoms with Crippen LogP contribution in [0.4, 0.5) is 4.79 Å². The fourth-order valence-corrected chi connectivity index (χ4v) is 1.42. The molecular weight excluding hydrogens is 234 g/mol. The van der Waals surface area contributed by atoms with E-state index in [1.807, 2.05) is 0 Å². The van der Waals surface area contributed by atoms with Gasteiger partial charge in [0.2, 0.25) is 6.29 Å². The van der Waals surface area contributed by atoms with Crippen molar-refractivity contribution in [2.45, 2.75) is 37.9 Å². The van der Waals surface area contributed by atoms with Crippen LogP contribution < -0.4 is 5.32 Å². The number of alkyl carbamates (subject to hydrolysis) is 1. The first-order valence-electron chi connectivity index (χ1n) is 5.14. The van der Waals surface area contributed by atoms with Crippen molar-refractivity contribution in [3.05, 3.63) is 0 Å². The highest BCUT2D eigenvalue weighted by atomic mass is 16.7. The molecule has 1 saturated heterocycles. The van der Waals surface area contributed by atoms with Gasteiger partial charge in [0.05, 0.1) is 6.10 Å². The van der Waals surface area contributed by atoms with E-state index >= 15 is 0 Å². The molecule has 1 heterocycles. The van der Waals surface area contributed by atoms with Gasteiger partial charge in [0, 0.05) is 13.0 Å². The Labute approximate surface area is 97.1 Å². The Hall–Kier alpha value is -1.38. The Morgan fingerprint density at radius 2 is 2.12 bits per heavy atom. The van der Waals surface area contributed by atoms with Gasteiger partial charge in [-0.15, -0.1) is 0 Å². The maximum Gasteiger partial charge on any atom is 0.409 e. The number of aliphatic hydroxyl groups is 2. The monoisotopic (exact) mass is 249 g/mol. The Bertz CT molecular complexity index is 295. The van der Waals surface area contributed by atoms with Crippen molar-refractivity contribution >= 4 is 12.1 Å². The van der Waals surface area contributed by atoms with Gasteiger partial charge in [0.1, 0.15) is 6.10 Å². The van der Waals surface area contributed by atoms with Crippen LogP contribution in [0.2, 0.25) is 0 Å². The first-order valence-corrected chi connectivity index (χ1v) is 5.14. The number of rotatable bonds is 3. The molecule has 0 saturated carbocycles. The van der Waals surface area contributed by atoms with Gasteiger partial charge in [-0.25, -0.2) is 9.59 Å². The van der Waals surface area contributed by atoms with E-state index in [2.05, 4.69) is 5.32 Å². The summed E-state index contributed by atoms with van der Waals surface area (Å²) in [6.45, 7) is 2.03. The third-order valence-corrected chi connectivity index (χ3v) is 2.24. The molecule has 0 unspecified atom stereocenters. The summed E-state index contributed by atoms with van der Waals surface area (Å²) in [4.78, 5) is 21.8. The third-order valence-electron chi connectivity index (χ3n) is 2.24. The predicted molar refractivity (Wildman–Crippen MR) is 53.1 cm³/mol. The van der Waals surface area contributed by atoms with Gasteiger partial charge in [-0.1, -0.05) is 0 Å². The van der Waals surface area contributed by atoms with E-state index in [0.29, 0.717) is 6.54 Å². The number of ether oxygens (including phenoxy) is 2. The van der Waals surface area contributed by atoms with E-state index in [4.69, 9.17) is 14.6 Å². The number of hydrogen-bond donors (Lipinski definition) is 4. The van der Waals surface area contributed by atoms with Crippen molar-refractivity contribution in [2.75, 3.05) is 6.54 Å². The van der Waals surface area contributed by atoms with E-state index in [9.17, 15) is 19.8 Å². The molecule has 98 valence electrons. The lowest BCUT2D eigenvalue weighted by Gasteiger charge is -2.34. The van der Waals surface area contributed by atoms with Crippen molar-refractivity contribution in [3.63, 3.8) is 0 Å². The van der Waals surface area contributed by atoms with E-state index in [-0.39, 0.29) is 6.42 Å². The number of nitrogens with one attached hydrogen (secondary N) is 1. The van der Waals surface area contributed by atoms with Crippen molar-refractivity contribution in [1.82, 2.24) is 5.32 Å². The summed E-state index contributed by atoms with van der Waals surface area (Å²) >= 11 is 0. The minimum atomic E-state index is -1.61. The zero-order valence-electron chi connectivity index (χ0n) is 9.20. The van der Waals surface area contributed by atoms with Crippen LogP contribution in [0.25, 0.3) is 0 Å². The van der Waals surface area contributed by atoms with Crippen molar-refractivity contribution in [2.24, 2.45) is 0 Å². The van der Waals surface area contributed by atoms with Gasteiger partial charge < -0.3 is 30.1 Å². The molecule has 0 aromatic rings. The number of hydrogen-bond acceptors (Lipinski definition) is 6. The van der Waals surface area contributed by atoms with Crippen LogP contribution in [0.3, 0.4) is 0 Å². The summed E-state index contributed by atoms with van der Waals surface area (Å²) in [6.07, 6.45) is -6.61. The van der Waals surface area contributed by atoms with Gasteiger partial charge in [-0.3, -0.25) is 0 Å². The smallest absolute Gasteiger partial charge is 0.409 e. The van der Waals surface area contributed by atoms with Crippen LogP contribution in [0.1, 0.15) is 13.3 Å². The largest absolute Gasteiger partial charge is 0.479 e. The topological polar surface area (TPSA) is 125 Å². The minimum Gasteiger partial charge on any atom is -0.479 e. The highest BCUT2D eigenvalue weighted by Gasteiger charge is 2.42. The SMILES string of the molecule is CCNC(=O)O[C@H]1C[C@@H](O)[C@H](O)[C@@H](C(=O)O)O1. The molecule has 1 fully saturated rings. The summed E-state index contributed by atoms with van der Waals surface area (Å²) in [5.74, 6) is -1.43. The average Bonchev–Trinajstić information content (AvgIpc) is 2.23. The second kappa shape index (κ2) is 5.80. The van der Waals surface area contributed by atoms with E-state index in [1.165, 1.54) is 0 Å². The molecule has 1 aliphatic heterocycles. The lowest BCUT2D eigenvalue weighted by Crippen LogP contribution is -2.53.